The van der Waals surface area contributed by atoms with Crippen LogP contribution in [0.15, 0.2) is 0 Å². The second-order valence-corrected chi connectivity index (χ2v) is 7.10. The van der Waals surface area contributed by atoms with E-state index in [1.807, 2.05) is 0 Å². The van der Waals surface area contributed by atoms with Crippen molar-refractivity contribution in [2.24, 2.45) is 5.41 Å². The molecular weight excluding hydrogens is 216 g/mol. The zero-order chi connectivity index (χ0) is 11.6. The summed E-state index contributed by atoms with van der Waals surface area (Å²) in [6.07, 6.45) is 4.10. The number of likely N-dealkylation sites (tertiary alicyclic amines) is 1. The van der Waals surface area contributed by atoms with Gasteiger partial charge in [0.05, 0.1) is 0 Å². The van der Waals surface area contributed by atoms with Crippen LogP contribution in [0, 0.1) is 5.41 Å². The lowest BCUT2D eigenvalue weighted by Crippen LogP contribution is -2.55. The highest BCUT2D eigenvalue weighted by Gasteiger charge is 2.37. The molecule has 0 saturated carbocycles. The maximum Gasteiger partial charge on any atom is 0.0238 e. The minimum Gasteiger partial charge on any atom is -0.316 e. The fourth-order valence-corrected chi connectivity index (χ4v) is 4.77. The summed E-state index contributed by atoms with van der Waals surface area (Å²) in [5.74, 6) is 2.69. The van der Waals surface area contributed by atoms with Gasteiger partial charge in [-0.25, -0.2) is 0 Å². The van der Waals surface area contributed by atoms with E-state index in [0.29, 0.717) is 5.41 Å². The summed E-state index contributed by atoms with van der Waals surface area (Å²) >= 11 is 2.15. The van der Waals surface area contributed by atoms with Gasteiger partial charge in [-0.2, -0.15) is 11.8 Å². The van der Waals surface area contributed by atoms with E-state index in [1.165, 1.54) is 43.9 Å². The molecule has 2 atom stereocenters. The third kappa shape index (κ3) is 2.74. The van der Waals surface area contributed by atoms with Gasteiger partial charge in [-0.1, -0.05) is 13.8 Å². The van der Waals surface area contributed by atoms with Crippen molar-refractivity contribution >= 4 is 11.8 Å². The lowest BCUT2D eigenvalue weighted by molar-refractivity contribution is 0.0676. The molecule has 0 spiro atoms. The van der Waals surface area contributed by atoms with Gasteiger partial charge in [0.1, 0.15) is 0 Å². The Balaban J connectivity index is 1.99. The lowest BCUT2D eigenvalue weighted by atomic mass is 9.80. The molecular formula is C13H26N2S. The second-order valence-electron chi connectivity index (χ2n) is 5.95. The van der Waals surface area contributed by atoms with Crippen molar-refractivity contribution in [1.29, 1.82) is 0 Å². The molecule has 1 N–H and O–H groups in total. The Morgan fingerprint density at radius 3 is 2.88 bits per heavy atom. The average Bonchev–Trinajstić information content (AvgIpc) is 2.28. The second kappa shape index (κ2) is 5.28. The number of hydrogen-bond acceptors (Lipinski definition) is 3. The standard InChI is InChI=1S/C13H26N2S/c1-13(2)6-8-16-10-12(13)15-7-4-5-11(9-15)14-3/h11-12,14H,4-10H2,1-3H3. The van der Waals surface area contributed by atoms with E-state index in [9.17, 15) is 0 Å². The lowest BCUT2D eigenvalue weighted by Gasteiger charge is -2.47. The first-order chi connectivity index (χ1) is 7.63. The Morgan fingerprint density at radius 2 is 2.19 bits per heavy atom. The van der Waals surface area contributed by atoms with Crippen LogP contribution in [0.25, 0.3) is 0 Å². The first-order valence-corrected chi connectivity index (χ1v) is 7.78. The topological polar surface area (TPSA) is 15.3 Å². The van der Waals surface area contributed by atoms with Gasteiger partial charge in [0.2, 0.25) is 0 Å². The molecule has 0 aromatic rings. The van der Waals surface area contributed by atoms with Crippen molar-refractivity contribution < 1.29 is 0 Å². The molecule has 16 heavy (non-hydrogen) atoms. The monoisotopic (exact) mass is 242 g/mol. The van der Waals surface area contributed by atoms with Crippen molar-refractivity contribution in [3.63, 3.8) is 0 Å². The van der Waals surface area contributed by atoms with Crippen LogP contribution in [0.5, 0.6) is 0 Å². The van der Waals surface area contributed by atoms with Gasteiger partial charge in [-0.15, -0.1) is 0 Å². The molecule has 2 fully saturated rings. The smallest absolute Gasteiger partial charge is 0.0238 e. The molecule has 0 amide bonds. The van der Waals surface area contributed by atoms with Crippen LogP contribution in [-0.4, -0.2) is 48.6 Å². The van der Waals surface area contributed by atoms with Gasteiger partial charge in [-0.3, -0.25) is 4.90 Å². The van der Waals surface area contributed by atoms with Crippen molar-refractivity contribution in [3.05, 3.63) is 0 Å². The van der Waals surface area contributed by atoms with E-state index in [-0.39, 0.29) is 0 Å². The Morgan fingerprint density at radius 1 is 1.38 bits per heavy atom. The van der Waals surface area contributed by atoms with Crippen LogP contribution in [-0.2, 0) is 0 Å². The molecule has 0 aromatic heterocycles. The highest BCUT2D eigenvalue weighted by Crippen LogP contribution is 2.38. The third-order valence-electron chi connectivity index (χ3n) is 4.37. The molecule has 2 rings (SSSR count). The summed E-state index contributed by atoms with van der Waals surface area (Å²) in [6, 6.07) is 1.51. The van der Waals surface area contributed by atoms with E-state index < -0.39 is 0 Å². The molecule has 94 valence electrons. The largest absolute Gasteiger partial charge is 0.316 e. The number of piperidine rings is 1. The Kier molecular flexibility index (Phi) is 4.20. The number of rotatable bonds is 2. The number of hydrogen-bond donors (Lipinski definition) is 1. The summed E-state index contributed by atoms with van der Waals surface area (Å²) in [5, 5.41) is 3.45. The predicted octanol–water partition coefficient (Wildman–Crippen LogP) is 2.20. The molecule has 2 aliphatic rings. The van der Waals surface area contributed by atoms with E-state index in [2.05, 4.69) is 42.9 Å². The molecule has 0 radical (unpaired) electrons. The van der Waals surface area contributed by atoms with E-state index in [1.54, 1.807) is 0 Å². The van der Waals surface area contributed by atoms with Gasteiger partial charge in [0, 0.05) is 24.4 Å². The zero-order valence-corrected chi connectivity index (χ0v) is 11.8. The first-order valence-electron chi connectivity index (χ1n) is 6.62. The Hall–Kier alpha value is 0.270. The van der Waals surface area contributed by atoms with Gasteiger partial charge in [0.15, 0.2) is 0 Å². The van der Waals surface area contributed by atoms with Crippen LogP contribution < -0.4 is 5.32 Å². The SMILES string of the molecule is CNC1CCCN(C2CSCCC2(C)C)C1. The molecule has 2 aliphatic heterocycles. The number of thioether (sulfide) groups is 1. The minimum atomic E-state index is 0.515. The average molecular weight is 242 g/mol. The van der Waals surface area contributed by atoms with Gasteiger partial charge < -0.3 is 5.32 Å². The Labute approximate surface area is 105 Å². The van der Waals surface area contributed by atoms with Crippen LogP contribution in [0.4, 0.5) is 0 Å². The molecule has 0 aliphatic carbocycles. The fraction of sp³-hybridized carbons (Fsp3) is 1.00. The first kappa shape index (κ1) is 12.7. The molecule has 2 heterocycles. The van der Waals surface area contributed by atoms with Gasteiger partial charge in [-0.05, 0) is 44.0 Å². The van der Waals surface area contributed by atoms with Crippen LogP contribution in [0.1, 0.15) is 33.1 Å². The van der Waals surface area contributed by atoms with Crippen LogP contribution in [0.3, 0.4) is 0 Å². The van der Waals surface area contributed by atoms with Crippen molar-refractivity contribution in [3.8, 4) is 0 Å². The van der Waals surface area contributed by atoms with Crippen molar-refractivity contribution in [2.45, 2.75) is 45.2 Å². The molecule has 0 bridgehead atoms. The summed E-state index contributed by atoms with van der Waals surface area (Å²) in [4.78, 5) is 2.75. The van der Waals surface area contributed by atoms with Crippen molar-refractivity contribution in [2.75, 3.05) is 31.6 Å². The molecule has 0 aromatic carbocycles. The third-order valence-corrected chi connectivity index (χ3v) is 5.41. The normalized spacial score (nSPS) is 36.2. The summed E-state index contributed by atoms with van der Waals surface area (Å²) in [7, 11) is 2.11. The number of likely N-dealkylation sites (N-methyl/N-ethyl adjacent to an activating group) is 1. The summed E-state index contributed by atoms with van der Waals surface area (Å²) in [5.41, 5.74) is 0.515. The van der Waals surface area contributed by atoms with E-state index in [4.69, 9.17) is 0 Å². The maximum atomic E-state index is 3.45. The predicted molar refractivity (Wildman–Crippen MR) is 73.2 cm³/mol. The quantitative estimate of drug-likeness (QED) is 0.799. The molecule has 3 heteroatoms. The van der Waals surface area contributed by atoms with Gasteiger partial charge in [0.25, 0.3) is 0 Å². The number of nitrogens with zero attached hydrogens (tertiary/aromatic N) is 1. The van der Waals surface area contributed by atoms with Crippen LogP contribution in [0.2, 0.25) is 0 Å². The van der Waals surface area contributed by atoms with Crippen molar-refractivity contribution in [1.82, 2.24) is 10.2 Å². The molecule has 2 unspecified atom stereocenters. The van der Waals surface area contributed by atoms with Crippen LogP contribution >= 0.6 is 11.8 Å². The molecule has 2 nitrogen and oxygen atoms in total. The maximum absolute atomic E-state index is 3.45. The summed E-state index contributed by atoms with van der Waals surface area (Å²) < 4.78 is 0. The summed E-state index contributed by atoms with van der Waals surface area (Å²) in [6.45, 7) is 7.48. The van der Waals surface area contributed by atoms with Gasteiger partial charge >= 0.3 is 0 Å². The zero-order valence-electron chi connectivity index (χ0n) is 11.0. The highest BCUT2D eigenvalue weighted by molar-refractivity contribution is 7.99. The minimum absolute atomic E-state index is 0.515. The highest BCUT2D eigenvalue weighted by atomic mass is 32.2. The van der Waals surface area contributed by atoms with E-state index in [0.717, 1.165) is 12.1 Å². The van der Waals surface area contributed by atoms with E-state index >= 15 is 0 Å². The fourth-order valence-electron chi connectivity index (χ4n) is 3.05. The molecule has 2 saturated heterocycles. The number of nitrogens with one attached hydrogen (secondary N) is 1. The Bertz CT molecular complexity index is 230.